The second kappa shape index (κ2) is 6.54. The van der Waals surface area contributed by atoms with Crippen molar-refractivity contribution in [1.29, 1.82) is 0 Å². The van der Waals surface area contributed by atoms with Crippen molar-refractivity contribution < 1.29 is 0 Å². The summed E-state index contributed by atoms with van der Waals surface area (Å²) in [7, 11) is 0. The van der Waals surface area contributed by atoms with Crippen LogP contribution in [0.15, 0.2) is 12.3 Å². The van der Waals surface area contributed by atoms with E-state index in [4.69, 9.17) is 0 Å². The van der Waals surface area contributed by atoms with Gasteiger partial charge in [-0.1, -0.05) is 33.6 Å². The number of aryl methyl sites for hydroxylation is 1. The molecule has 0 fully saturated rings. The van der Waals surface area contributed by atoms with Gasteiger partial charge in [-0.3, -0.25) is 0 Å². The molecule has 0 aliphatic carbocycles. The number of hydrogen-bond donors (Lipinski definition) is 0. The molecule has 0 saturated carbocycles. The highest BCUT2D eigenvalue weighted by molar-refractivity contribution is 5.02. The van der Waals surface area contributed by atoms with Gasteiger partial charge in [-0.05, 0) is 24.8 Å². The van der Waals surface area contributed by atoms with E-state index in [2.05, 4.69) is 30.7 Å². The second-order valence-corrected chi connectivity index (χ2v) is 4.52. The van der Waals surface area contributed by atoms with E-state index in [-0.39, 0.29) is 0 Å². The Balaban J connectivity index is 2.50. The maximum Gasteiger partial charge on any atom is 0.128 e. The van der Waals surface area contributed by atoms with Gasteiger partial charge in [-0.15, -0.1) is 0 Å². The van der Waals surface area contributed by atoms with Crippen LogP contribution in [0, 0.1) is 5.92 Å². The minimum absolute atomic E-state index is 0.635. The lowest BCUT2D eigenvalue weighted by atomic mass is 10.1. The molecule has 0 aliphatic heterocycles. The van der Waals surface area contributed by atoms with Crippen LogP contribution in [0.4, 0.5) is 0 Å². The van der Waals surface area contributed by atoms with Crippen molar-refractivity contribution >= 4 is 0 Å². The maximum absolute atomic E-state index is 4.57. The zero-order valence-electron chi connectivity index (χ0n) is 10.2. The molecule has 0 aromatic carbocycles. The quantitative estimate of drug-likeness (QED) is 0.667. The van der Waals surface area contributed by atoms with Crippen LogP contribution in [0.25, 0.3) is 0 Å². The average molecular weight is 206 g/mol. The summed E-state index contributed by atoms with van der Waals surface area (Å²) in [5.74, 6) is 1.63. The molecular formula is C13H22N2. The molecule has 2 heteroatoms. The number of aromatic nitrogens is 2. The Morgan fingerprint density at radius 2 is 2.07 bits per heavy atom. The summed E-state index contributed by atoms with van der Waals surface area (Å²) in [6.45, 7) is 6.63. The van der Waals surface area contributed by atoms with Gasteiger partial charge in [-0.2, -0.15) is 0 Å². The zero-order valence-corrected chi connectivity index (χ0v) is 10.2. The summed E-state index contributed by atoms with van der Waals surface area (Å²) in [5, 5.41) is 0. The fraction of sp³-hybridized carbons (Fsp3) is 0.692. The van der Waals surface area contributed by atoms with Crippen molar-refractivity contribution in [1.82, 2.24) is 9.97 Å². The molecule has 0 amide bonds. The minimum atomic E-state index is 0.635. The van der Waals surface area contributed by atoms with Crippen molar-refractivity contribution in [3.63, 3.8) is 0 Å². The van der Waals surface area contributed by atoms with Gasteiger partial charge in [0.25, 0.3) is 0 Å². The average Bonchev–Trinajstić information content (AvgIpc) is 2.18. The monoisotopic (exact) mass is 206 g/mol. The van der Waals surface area contributed by atoms with E-state index < -0.39 is 0 Å². The SMILES string of the molecule is CCCCCc1ccnc(CC(C)C)n1. The normalized spacial score (nSPS) is 10.9. The van der Waals surface area contributed by atoms with Gasteiger partial charge in [0, 0.05) is 18.3 Å². The smallest absolute Gasteiger partial charge is 0.128 e. The van der Waals surface area contributed by atoms with Gasteiger partial charge in [0.2, 0.25) is 0 Å². The largest absolute Gasteiger partial charge is 0.241 e. The molecule has 0 aliphatic rings. The first-order valence-electron chi connectivity index (χ1n) is 6.03. The maximum atomic E-state index is 4.57. The first-order chi connectivity index (χ1) is 7.22. The van der Waals surface area contributed by atoms with E-state index in [1.165, 1.54) is 25.0 Å². The highest BCUT2D eigenvalue weighted by atomic mass is 14.9. The topological polar surface area (TPSA) is 25.8 Å². The molecule has 0 spiro atoms. The Hall–Kier alpha value is -0.920. The minimum Gasteiger partial charge on any atom is -0.241 e. The summed E-state index contributed by atoms with van der Waals surface area (Å²) in [6, 6.07) is 2.04. The Morgan fingerprint density at radius 1 is 1.27 bits per heavy atom. The van der Waals surface area contributed by atoms with Crippen LogP contribution in [0.3, 0.4) is 0 Å². The molecule has 0 radical (unpaired) electrons. The molecule has 2 nitrogen and oxygen atoms in total. The van der Waals surface area contributed by atoms with Crippen molar-refractivity contribution in [2.45, 2.75) is 52.9 Å². The van der Waals surface area contributed by atoms with Crippen LogP contribution in [0.1, 0.15) is 51.6 Å². The van der Waals surface area contributed by atoms with E-state index in [9.17, 15) is 0 Å². The van der Waals surface area contributed by atoms with Crippen LogP contribution in [0.5, 0.6) is 0 Å². The molecule has 0 bridgehead atoms. The summed E-state index contributed by atoms with van der Waals surface area (Å²) >= 11 is 0. The van der Waals surface area contributed by atoms with E-state index in [0.29, 0.717) is 5.92 Å². The van der Waals surface area contributed by atoms with Crippen LogP contribution < -0.4 is 0 Å². The lowest BCUT2D eigenvalue weighted by Crippen LogP contribution is -2.03. The zero-order chi connectivity index (χ0) is 11.1. The Kier molecular flexibility index (Phi) is 5.30. The van der Waals surface area contributed by atoms with Crippen molar-refractivity contribution in [3.05, 3.63) is 23.8 Å². The van der Waals surface area contributed by atoms with Gasteiger partial charge in [0.15, 0.2) is 0 Å². The third-order valence-electron chi connectivity index (χ3n) is 2.39. The van der Waals surface area contributed by atoms with Crippen LogP contribution in [-0.4, -0.2) is 9.97 Å². The number of unbranched alkanes of at least 4 members (excludes halogenated alkanes) is 2. The van der Waals surface area contributed by atoms with Crippen LogP contribution in [0.2, 0.25) is 0 Å². The first kappa shape index (κ1) is 12.2. The fourth-order valence-corrected chi connectivity index (χ4v) is 1.60. The predicted molar refractivity (Wildman–Crippen MR) is 63.8 cm³/mol. The second-order valence-electron chi connectivity index (χ2n) is 4.52. The van der Waals surface area contributed by atoms with Crippen molar-refractivity contribution in [3.8, 4) is 0 Å². The number of rotatable bonds is 6. The van der Waals surface area contributed by atoms with Gasteiger partial charge < -0.3 is 0 Å². The van der Waals surface area contributed by atoms with E-state index >= 15 is 0 Å². The fourth-order valence-electron chi connectivity index (χ4n) is 1.60. The van der Waals surface area contributed by atoms with Gasteiger partial charge in [0.05, 0.1) is 0 Å². The highest BCUT2D eigenvalue weighted by Crippen LogP contribution is 2.06. The molecule has 1 heterocycles. The number of nitrogens with zero attached hydrogens (tertiary/aromatic N) is 2. The summed E-state index contributed by atoms with van der Waals surface area (Å²) in [6.07, 6.45) is 7.79. The predicted octanol–water partition coefficient (Wildman–Crippen LogP) is 3.41. The third kappa shape index (κ3) is 4.91. The van der Waals surface area contributed by atoms with Gasteiger partial charge in [-0.25, -0.2) is 9.97 Å². The third-order valence-corrected chi connectivity index (χ3v) is 2.39. The summed E-state index contributed by atoms with van der Waals surface area (Å²) in [5.41, 5.74) is 1.20. The summed E-state index contributed by atoms with van der Waals surface area (Å²) < 4.78 is 0. The summed E-state index contributed by atoms with van der Waals surface area (Å²) in [4.78, 5) is 8.87. The van der Waals surface area contributed by atoms with Crippen LogP contribution >= 0.6 is 0 Å². The molecule has 1 aromatic rings. The standard InChI is InChI=1S/C13H22N2/c1-4-5-6-7-12-8-9-14-13(15-12)10-11(2)3/h8-9,11H,4-7,10H2,1-3H3. The first-order valence-corrected chi connectivity index (χ1v) is 6.03. The molecule has 0 N–H and O–H groups in total. The number of hydrogen-bond acceptors (Lipinski definition) is 2. The molecule has 15 heavy (non-hydrogen) atoms. The highest BCUT2D eigenvalue weighted by Gasteiger charge is 2.02. The Labute approximate surface area is 93.2 Å². The Bertz CT molecular complexity index is 282. The molecule has 0 saturated heterocycles. The van der Waals surface area contributed by atoms with Crippen LogP contribution in [-0.2, 0) is 12.8 Å². The van der Waals surface area contributed by atoms with Crippen molar-refractivity contribution in [2.75, 3.05) is 0 Å². The molecule has 1 aromatic heterocycles. The van der Waals surface area contributed by atoms with E-state index in [1.54, 1.807) is 0 Å². The molecule has 1 rings (SSSR count). The van der Waals surface area contributed by atoms with Gasteiger partial charge in [0.1, 0.15) is 5.82 Å². The molecule has 84 valence electrons. The lowest BCUT2D eigenvalue weighted by Gasteiger charge is -2.05. The van der Waals surface area contributed by atoms with Gasteiger partial charge >= 0.3 is 0 Å². The molecule has 0 atom stereocenters. The molecule has 0 unspecified atom stereocenters. The van der Waals surface area contributed by atoms with Crippen molar-refractivity contribution in [2.24, 2.45) is 5.92 Å². The molecular weight excluding hydrogens is 184 g/mol. The van der Waals surface area contributed by atoms with E-state index in [0.717, 1.165) is 18.7 Å². The lowest BCUT2D eigenvalue weighted by molar-refractivity contribution is 0.614. The van der Waals surface area contributed by atoms with E-state index in [1.807, 2.05) is 12.3 Å². The Morgan fingerprint density at radius 3 is 2.73 bits per heavy atom.